The minimum absolute atomic E-state index is 0.0140. The van der Waals surface area contributed by atoms with Crippen molar-refractivity contribution >= 4 is 11.8 Å². The van der Waals surface area contributed by atoms with E-state index in [0.717, 1.165) is 0 Å². The lowest BCUT2D eigenvalue weighted by molar-refractivity contribution is -0.127. The fourth-order valence-corrected chi connectivity index (χ4v) is 2.15. The summed E-state index contributed by atoms with van der Waals surface area (Å²) in [5.41, 5.74) is -0.741. The molecule has 2 amide bonds. The van der Waals surface area contributed by atoms with Crippen molar-refractivity contribution in [1.82, 2.24) is 10.6 Å². The standard InChI is InChI=1S/C17H34N2O3/c1-15(2,3)9-13(20)18-11-17(7,12-22-8)19-14(21)10-16(4,5)6/h9-12H2,1-8H3,(H,18,20)(H,19,21)/t17-/m0/s1. The summed E-state index contributed by atoms with van der Waals surface area (Å²) in [5, 5.41) is 5.89. The van der Waals surface area contributed by atoms with Crippen LogP contribution in [0.1, 0.15) is 61.3 Å². The van der Waals surface area contributed by atoms with Gasteiger partial charge in [-0.1, -0.05) is 41.5 Å². The van der Waals surface area contributed by atoms with Crippen LogP contribution in [0.4, 0.5) is 0 Å². The molecule has 0 aliphatic carbocycles. The Bertz CT molecular complexity index is 380. The summed E-state index contributed by atoms with van der Waals surface area (Å²) in [5.74, 6) is -0.0444. The first-order chi connectivity index (χ1) is 9.76. The van der Waals surface area contributed by atoms with Crippen molar-refractivity contribution in [2.24, 2.45) is 10.8 Å². The van der Waals surface area contributed by atoms with Gasteiger partial charge in [-0.25, -0.2) is 0 Å². The number of nitrogens with one attached hydrogen (secondary N) is 2. The molecule has 0 aliphatic heterocycles. The Kier molecular flexibility index (Phi) is 7.55. The van der Waals surface area contributed by atoms with E-state index >= 15 is 0 Å². The normalized spacial score (nSPS) is 15.1. The monoisotopic (exact) mass is 314 g/mol. The molecule has 5 heteroatoms. The Morgan fingerprint density at radius 3 is 1.73 bits per heavy atom. The summed E-state index contributed by atoms with van der Waals surface area (Å²) in [7, 11) is 1.59. The molecule has 0 fully saturated rings. The van der Waals surface area contributed by atoms with E-state index in [0.29, 0.717) is 26.0 Å². The molecule has 5 nitrogen and oxygen atoms in total. The van der Waals surface area contributed by atoms with Crippen molar-refractivity contribution in [2.75, 3.05) is 20.3 Å². The minimum Gasteiger partial charge on any atom is -0.382 e. The zero-order chi connectivity index (χ0) is 17.6. The fraction of sp³-hybridized carbons (Fsp3) is 0.882. The second kappa shape index (κ2) is 7.95. The van der Waals surface area contributed by atoms with Crippen LogP contribution in [0.2, 0.25) is 0 Å². The van der Waals surface area contributed by atoms with E-state index in [1.807, 2.05) is 48.5 Å². The molecule has 1 atom stereocenters. The first-order valence-electron chi connectivity index (χ1n) is 7.83. The van der Waals surface area contributed by atoms with Gasteiger partial charge in [-0.15, -0.1) is 0 Å². The predicted molar refractivity (Wildman–Crippen MR) is 89.6 cm³/mol. The lowest BCUT2D eigenvalue weighted by atomic mass is 9.90. The first kappa shape index (κ1) is 20.9. The van der Waals surface area contributed by atoms with Gasteiger partial charge < -0.3 is 15.4 Å². The summed E-state index contributed by atoms with van der Waals surface area (Å²) in [6.07, 6.45) is 0.883. The van der Waals surface area contributed by atoms with Gasteiger partial charge in [-0.3, -0.25) is 9.59 Å². The van der Waals surface area contributed by atoms with Crippen LogP contribution in [-0.2, 0) is 14.3 Å². The van der Waals surface area contributed by atoms with Gasteiger partial charge in [0.05, 0.1) is 12.1 Å². The van der Waals surface area contributed by atoms with Crippen LogP contribution < -0.4 is 10.6 Å². The highest BCUT2D eigenvalue weighted by molar-refractivity contribution is 5.78. The molecule has 2 N–H and O–H groups in total. The summed E-state index contributed by atoms with van der Waals surface area (Å²) >= 11 is 0. The molecule has 0 saturated heterocycles. The third-order valence-electron chi connectivity index (χ3n) is 2.96. The van der Waals surface area contributed by atoms with Crippen molar-refractivity contribution in [3.8, 4) is 0 Å². The SMILES string of the molecule is COC[C@](C)(CNC(=O)CC(C)(C)C)NC(=O)CC(C)(C)C. The second-order valence-electron chi connectivity index (χ2n) is 8.79. The van der Waals surface area contributed by atoms with Crippen LogP contribution >= 0.6 is 0 Å². The van der Waals surface area contributed by atoms with Gasteiger partial charge >= 0.3 is 0 Å². The number of carbonyl (C=O) groups is 2. The summed E-state index contributed by atoms with van der Waals surface area (Å²) in [6.45, 7) is 14.7. The van der Waals surface area contributed by atoms with Gasteiger partial charge in [0.15, 0.2) is 0 Å². The number of hydrogen-bond donors (Lipinski definition) is 2. The molecule has 0 aromatic carbocycles. The van der Waals surface area contributed by atoms with Crippen molar-refractivity contribution in [1.29, 1.82) is 0 Å². The van der Waals surface area contributed by atoms with Crippen LogP contribution in [-0.4, -0.2) is 37.6 Å². The number of rotatable bonds is 7. The Labute approximate surface area is 135 Å². The molecule has 0 radical (unpaired) electrons. The average molecular weight is 314 g/mol. The van der Waals surface area contributed by atoms with Gasteiger partial charge in [0.25, 0.3) is 0 Å². The third kappa shape index (κ3) is 10.6. The molecule has 0 heterocycles. The van der Waals surface area contributed by atoms with E-state index in [1.165, 1.54) is 0 Å². The topological polar surface area (TPSA) is 67.4 Å². The smallest absolute Gasteiger partial charge is 0.221 e. The van der Waals surface area contributed by atoms with Crippen LogP contribution in [0.5, 0.6) is 0 Å². The van der Waals surface area contributed by atoms with Crippen molar-refractivity contribution in [3.05, 3.63) is 0 Å². The maximum absolute atomic E-state index is 12.1. The van der Waals surface area contributed by atoms with E-state index in [4.69, 9.17) is 4.74 Å². The van der Waals surface area contributed by atoms with E-state index in [-0.39, 0.29) is 22.6 Å². The number of hydrogen-bond acceptors (Lipinski definition) is 3. The van der Waals surface area contributed by atoms with Gasteiger partial charge in [-0.05, 0) is 17.8 Å². The highest BCUT2D eigenvalue weighted by Gasteiger charge is 2.29. The molecule has 130 valence electrons. The van der Waals surface area contributed by atoms with E-state index in [2.05, 4.69) is 10.6 Å². The van der Waals surface area contributed by atoms with Crippen LogP contribution in [0.25, 0.3) is 0 Å². The number of amides is 2. The zero-order valence-electron chi connectivity index (χ0n) is 15.6. The Hall–Kier alpha value is -1.10. The molecule has 0 saturated carbocycles. The molecular formula is C17H34N2O3. The van der Waals surface area contributed by atoms with Gasteiger partial charge in [0.1, 0.15) is 0 Å². The Balaban J connectivity index is 4.62. The molecule has 0 bridgehead atoms. The first-order valence-corrected chi connectivity index (χ1v) is 7.83. The molecule has 0 aromatic heterocycles. The van der Waals surface area contributed by atoms with E-state index in [1.54, 1.807) is 7.11 Å². The van der Waals surface area contributed by atoms with Crippen molar-refractivity contribution in [2.45, 2.75) is 66.8 Å². The van der Waals surface area contributed by atoms with E-state index < -0.39 is 5.54 Å². The average Bonchev–Trinajstić information content (AvgIpc) is 2.21. The van der Waals surface area contributed by atoms with Crippen LogP contribution in [0, 0.1) is 10.8 Å². The number of ether oxygens (including phenoxy) is 1. The Morgan fingerprint density at radius 1 is 0.864 bits per heavy atom. The molecule has 0 aromatic rings. The molecule has 22 heavy (non-hydrogen) atoms. The summed E-state index contributed by atoms with van der Waals surface area (Å²) in [6, 6.07) is 0. The maximum atomic E-state index is 12.1. The number of methoxy groups -OCH3 is 1. The second-order valence-corrected chi connectivity index (χ2v) is 8.79. The minimum atomic E-state index is -0.607. The Morgan fingerprint density at radius 2 is 1.32 bits per heavy atom. The molecule has 0 unspecified atom stereocenters. The van der Waals surface area contributed by atoms with Gasteiger partial charge in [0, 0.05) is 26.5 Å². The lowest BCUT2D eigenvalue weighted by Gasteiger charge is -2.32. The van der Waals surface area contributed by atoms with Gasteiger partial charge in [0.2, 0.25) is 11.8 Å². The van der Waals surface area contributed by atoms with Crippen LogP contribution in [0.3, 0.4) is 0 Å². The zero-order valence-corrected chi connectivity index (χ0v) is 15.6. The van der Waals surface area contributed by atoms with Crippen LogP contribution in [0.15, 0.2) is 0 Å². The highest BCUT2D eigenvalue weighted by Crippen LogP contribution is 2.19. The number of carbonyl (C=O) groups excluding carboxylic acids is 2. The molecular weight excluding hydrogens is 280 g/mol. The fourth-order valence-electron chi connectivity index (χ4n) is 2.15. The quantitative estimate of drug-likeness (QED) is 0.758. The summed E-state index contributed by atoms with van der Waals surface area (Å²) < 4.78 is 5.21. The molecule has 0 aliphatic rings. The summed E-state index contributed by atoms with van der Waals surface area (Å²) in [4.78, 5) is 24.1. The highest BCUT2D eigenvalue weighted by atomic mass is 16.5. The molecule has 0 rings (SSSR count). The lowest BCUT2D eigenvalue weighted by Crippen LogP contribution is -2.57. The predicted octanol–water partition coefficient (Wildman–Crippen LogP) is 2.50. The maximum Gasteiger partial charge on any atom is 0.221 e. The molecule has 0 spiro atoms. The third-order valence-corrected chi connectivity index (χ3v) is 2.96. The van der Waals surface area contributed by atoms with Crippen molar-refractivity contribution < 1.29 is 14.3 Å². The van der Waals surface area contributed by atoms with Gasteiger partial charge in [-0.2, -0.15) is 0 Å². The largest absolute Gasteiger partial charge is 0.382 e. The van der Waals surface area contributed by atoms with E-state index in [9.17, 15) is 9.59 Å². The van der Waals surface area contributed by atoms with Crippen molar-refractivity contribution in [3.63, 3.8) is 0 Å².